The molecule has 0 saturated heterocycles. The molecular formula is C9H16N2. The maximum atomic E-state index is 3.45. The zero-order valence-electron chi connectivity index (χ0n) is 7.19. The summed E-state index contributed by atoms with van der Waals surface area (Å²) in [7, 11) is 2.18. The standard InChI is InChI=1S/C9H16N2/c1-11-7-10-8-5-3-2-4-6-9(8)11/h10H,2-7H2,1H3. The molecule has 0 spiro atoms. The van der Waals surface area contributed by atoms with Crippen LogP contribution in [-0.2, 0) is 0 Å². The van der Waals surface area contributed by atoms with Crippen LogP contribution in [0.5, 0.6) is 0 Å². The lowest BCUT2D eigenvalue weighted by atomic mass is 10.2. The molecule has 0 atom stereocenters. The van der Waals surface area contributed by atoms with Gasteiger partial charge in [0.15, 0.2) is 0 Å². The van der Waals surface area contributed by atoms with Gasteiger partial charge in [0, 0.05) is 18.4 Å². The van der Waals surface area contributed by atoms with Gasteiger partial charge in [0.25, 0.3) is 0 Å². The lowest BCUT2D eigenvalue weighted by molar-refractivity contribution is 0.419. The van der Waals surface area contributed by atoms with Crippen molar-refractivity contribution in [2.24, 2.45) is 0 Å². The first-order valence-corrected chi connectivity index (χ1v) is 4.55. The van der Waals surface area contributed by atoms with Crippen LogP contribution >= 0.6 is 0 Å². The van der Waals surface area contributed by atoms with E-state index < -0.39 is 0 Å². The van der Waals surface area contributed by atoms with Gasteiger partial charge in [-0.1, -0.05) is 6.42 Å². The van der Waals surface area contributed by atoms with Crippen molar-refractivity contribution in [2.45, 2.75) is 32.1 Å². The number of nitrogens with zero attached hydrogens (tertiary/aromatic N) is 1. The van der Waals surface area contributed by atoms with Crippen LogP contribution in [0.15, 0.2) is 11.4 Å². The smallest absolute Gasteiger partial charge is 0.0869 e. The predicted molar refractivity (Wildman–Crippen MR) is 45.9 cm³/mol. The maximum Gasteiger partial charge on any atom is 0.0869 e. The fourth-order valence-electron chi connectivity index (χ4n) is 1.99. The number of allylic oxidation sites excluding steroid dienone is 2. The molecule has 11 heavy (non-hydrogen) atoms. The Labute approximate surface area is 68.3 Å². The van der Waals surface area contributed by atoms with Gasteiger partial charge in [-0.2, -0.15) is 0 Å². The molecule has 1 N–H and O–H groups in total. The first-order chi connectivity index (χ1) is 5.38. The van der Waals surface area contributed by atoms with E-state index in [9.17, 15) is 0 Å². The Morgan fingerprint density at radius 3 is 2.91 bits per heavy atom. The fraction of sp³-hybridized carbons (Fsp3) is 0.778. The lowest BCUT2D eigenvalue weighted by Crippen LogP contribution is -2.19. The van der Waals surface area contributed by atoms with E-state index in [2.05, 4.69) is 17.3 Å². The topological polar surface area (TPSA) is 15.3 Å². The van der Waals surface area contributed by atoms with E-state index in [1.807, 2.05) is 0 Å². The second-order valence-corrected chi connectivity index (χ2v) is 3.52. The average molecular weight is 152 g/mol. The molecule has 0 fully saturated rings. The van der Waals surface area contributed by atoms with Crippen molar-refractivity contribution in [2.75, 3.05) is 13.7 Å². The van der Waals surface area contributed by atoms with Crippen molar-refractivity contribution >= 4 is 0 Å². The summed E-state index contributed by atoms with van der Waals surface area (Å²) in [4.78, 5) is 2.35. The Morgan fingerprint density at radius 1 is 1.18 bits per heavy atom. The minimum Gasteiger partial charge on any atom is -0.370 e. The van der Waals surface area contributed by atoms with Crippen molar-refractivity contribution in [1.82, 2.24) is 10.2 Å². The first kappa shape index (κ1) is 7.01. The average Bonchev–Trinajstić information content (AvgIpc) is 2.25. The third kappa shape index (κ3) is 1.22. The molecule has 2 heteroatoms. The van der Waals surface area contributed by atoms with Gasteiger partial charge in [-0.05, 0) is 25.7 Å². The van der Waals surface area contributed by atoms with E-state index >= 15 is 0 Å². The van der Waals surface area contributed by atoms with Crippen LogP contribution in [0.2, 0.25) is 0 Å². The molecule has 62 valence electrons. The molecule has 2 nitrogen and oxygen atoms in total. The van der Waals surface area contributed by atoms with Crippen LogP contribution in [0, 0.1) is 0 Å². The summed E-state index contributed by atoms with van der Waals surface area (Å²) in [6.07, 6.45) is 6.73. The third-order valence-electron chi connectivity index (χ3n) is 2.68. The first-order valence-electron chi connectivity index (χ1n) is 4.55. The second-order valence-electron chi connectivity index (χ2n) is 3.52. The fourth-order valence-corrected chi connectivity index (χ4v) is 1.99. The Hall–Kier alpha value is -0.660. The van der Waals surface area contributed by atoms with E-state index in [1.54, 1.807) is 5.70 Å². The normalized spacial score (nSPS) is 24.6. The van der Waals surface area contributed by atoms with Crippen LogP contribution in [0.4, 0.5) is 0 Å². The molecule has 0 bridgehead atoms. The van der Waals surface area contributed by atoms with Crippen molar-refractivity contribution in [3.05, 3.63) is 11.4 Å². The van der Waals surface area contributed by atoms with Gasteiger partial charge in [0.05, 0.1) is 6.67 Å². The molecule has 0 unspecified atom stereocenters. The largest absolute Gasteiger partial charge is 0.370 e. The van der Waals surface area contributed by atoms with Gasteiger partial charge >= 0.3 is 0 Å². The van der Waals surface area contributed by atoms with Gasteiger partial charge in [-0.25, -0.2) is 0 Å². The monoisotopic (exact) mass is 152 g/mol. The highest BCUT2D eigenvalue weighted by Crippen LogP contribution is 2.26. The van der Waals surface area contributed by atoms with Crippen LogP contribution < -0.4 is 5.32 Å². The van der Waals surface area contributed by atoms with E-state index in [-0.39, 0.29) is 0 Å². The Morgan fingerprint density at radius 2 is 2.00 bits per heavy atom. The van der Waals surface area contributed by atoms with Crippen LogP contribution in [-0.4, -0.2) is 18.6 Å². The molecule has 0 aromatic heterocycles. The van der Waals surface area contributed by atoms with Crippen LogP contribution in [0.25, 0.3) is 0 Å². The van der Waals surface area contributed by atoms with Crippen molar-refractivity contribution in [1.29, 1.82) is 0 Å². The molecule has 0 radical (unpaired) electrons. The highest BCUT2D eigenvalue weighted by molar-refractivity contribution is 5.17. The molecule has 2 rings (SSSR count). The predicted octanol–water partition coefficient (Wildman–Crippen LogP) is 1.65. The number of nitrogens with one attached hydrogen (secondary N) is 1. The zero-order chi connectivity index (χ0) is 7.68. The summed E-state index contributed by atoms with van der Waals surface area (Å²) in [5.41, 5.74) is 3.09. The molecule has 1 aliphatic heterocycles. The summed E-state index contributed by atoms with van der Waals surface area (Å²) in [6, 6.07) is 0. The van der Waals surface area contributed by atoms with Gasteiger partial charge < -0.3 is 10.2 Å². The highest BCUT2D eigenvalue weighted by Gasteiger charge is 2.19. The van der Waals surface area contributed by atoms with Crippen LogP contribution in [0.3, 0.4) is 0 Å². The molecule has 0 aromatic carbocycles. The molecule has 1 heterocycles. The van der Waals surface area contributed by atoms with E-state index in [0.717, 1.165) is 6.67 Å². The minimum absolute atomic E-state index is 1.03. The number of hydrogen-bond acceptors (Lipinski definition) is 2. The van der Waals surface area contributed by atoms with Crippen molar-refractivity contribution in [3.8, 4) is 0 Å². The SMILES string of the molecule is CN1CNC2=C1CCCCC2. The molecule has 0 aromatic rings. The third-order valence-corrected chi connectivity index (χ3v) is 2.68. The summed E-state index contributed by atoms with van der Waals surface area (Å²) in [6.45, 7) is 1.03. The van der Waals surface area contributed by atoms with Crippen LogP contribution in [0.1, 0.15) is 32.1 Å². The lowest BCUT2D eigenvalue weighted by Gasteiger charge is -2.13. The molecule has 1 aliphatic carbocycles. The summed E-state index contributed by atoms with van der Waals surface area (Å²) in [5, 5.41) is 3.45. The Balaban J connectivity index is 2.15. The van der Waals surface area contributed by atoms with E-state index in [4.69, 9.17) is 0 Å². The van der Waals surface area contributed by atoms with Gasteiger partial charge in [-0.3, -0.25) is 0 Å². The quantitative estimate of drug-likeness (QED) is 0.568. The molecule has 2 aliphatic rings. The minimum atomic E-state index is 1.03. The number of rotatable bonds is 0. The summed E-state index contributed by atoms with van der Waals surface area (Å²) >= 11 is 0. The van der Waals surface area contributed by atoms with Crippen molar-refractivity contribution in [3.63, 3.8) is 0 Å². The molecule has 0 saturated carbocycles. The van der Waals surface area contributed by atoms with Gasteiger partial charge in [0.1, 0.15) is 0 Å². The van der Waals surface area contributed by atoms with Gasteiger partial charge in [-0.15, -0.1) is 0 Å². The van der Waals surface area contributed by atoms with Crippen molar-refractivity contribution < 1.29 is 0 Å². The second kappa shape index (κ2) is 2.76. The summed E-state index contributed by atoms with van der Waals surface area (Å²) in [5.74, 6) is 0. The molecule has 0 amide bonds. The Bertz CT molecular complexity index is 184. The molecular weight excluding hydrogens is 136 g/mol. The van der Waals surface area contributed by atoms with E-state index in [0.29, 0.717) is 0 Å². The maximum absolute atomic E-state index is 3.45. The zero-order valence-corrected chi connectivity index (χ0v) is 7.19. The highest BCUT2D eigenvalue weighted by atomic mass is 15.3. The Kier molecular flexibility index (Phi) is 1.76. The van der Waals surface area contributed by atoms with E-state index in [1.165, 1.54) is 37.8 Å². The number of hydrogen-bond donors (Lipinski definition) is 1. The summed E-state index contributed by atoms with van der Waals surface area (Å²) < 4.78 is 0. The van der Waals surface area contributed by atoms with Gasteiger partial charge in [0.2, 0.25) is 0 Å².